The van der Waals surface area contributed by atoms with E-state index in [2.05, 4.69) is 5.10 Å². The van der Waals surface area contributed by atoms with Crippen molar-refractivity contribution >= 4 is 17.4 Å². The van der Waals surface area contributed by atoms with Gasteiger partial charge in [0.2, 0.25) is 5.78 Å². The number of nitrogens with zero attached hydrogens (tertiary/aromatic N) is 3. The summed E-state index contributed by atoms with van der Waals surface area (Å²) in [6, 6.07) is 0. The first-order valence-electron chi connectivity index (χ1n) is 3.85. The molecule has 1 aromatic rings. The summed E-state index contributed by atoms with van der Waals surface area (Å²) in [6.45, 7) is 0. The van der Waals surface area contributed by atoms with Gasteiger partial charge in [-0.2, -0.15) is 5.10 Å². The first kappa shape index (κ1) is 10.8. The van der Waals surface area contributed by atoms with E-state index in [0.717, 1.165) is 10.9 Å². The van der Waals surface area contributed by atoms with Crippen molar-refractivity contribution in [2.75, 3.05) is 0 Å². The van der Waals surface area contributed by atoms with E-state index >= 15 is 0 Å². The summed E-state index contributed by atoms with van der Waals surface area (Å²) in [7, 11) is 1.40. The Labute approximate surface area is 83.3 Å². The van der Waals surface area contributed by atoms with Gasteiger partial charge in [-0.25, -0.2) is 4.79 Å². The maximum Gasteiger partial charge on any atom is 0.372 e. The second-order valence-electron chi connectivity index (χ2n) is 2.76. The van der Waals surface area contributed by atoms with Gasteiger partial charge in [0.1, 0.15) is 11.9 Å². The number of aryl methyl sites for hydroxylation is 1. The van der Waals surface area contributed by atoms with Crippen molar-refractivity contribution in [1.29, 1.82) is 0 Å². The number of carbonyl (C=O) groups is 2. The lowest BCUT2D eigenvalue weighted by Crippen LogP contribution is -2.17. The van der Waals surface area contributed by atoms with Crippen LogP contribution in [0, 0.1) is 10.1 Å². The van der Waals surface area contributed by atoms with E-state index < -0.39 is 23.1 Å². The van der Waals surface area contributed by atoms with Gasteiger partial charge >= 0.3 is 11.7 Å². The van der Waals surface area contributed by atoms with Crippen LogP contribution in [0.15, 0.2) is 6.20 Å². The van der Waals surface area contributed by atoms with E-state index in [0.29, 0.717) is 0 Å². The topological polar surface area (TPSA) is 115 Å². The van der Waals surface area contributed by atoms with Crippen molar-refractivity contribution in [2.24, 2.45) is 7.05 Å². The summed E-state index contributed by atoms with van der Waals surface area (Å²) in [6.07, 6.45) is 0.437. The van der Waals surface area contributed by atoms with E-state index in [4.69, 9.17) is 5.11 Å². The highest BCUT2D eigenvalue weighted by Gasteiger charge is 2.23. The fourth-order valence-corrected chi connectivity index (χ4v) is 1.04. The summed E-state index contributed by atoms with van der Waals surface area (Å²) in [4.78, 5) is 30.9. The monoisotopic (exact) mass is 213 g/mol. The van der Waals surface area contributed by atoms with Crippen LogP contribution in [-0.4, -0.2) is 31.6 Å². The van der Waals surface area contributed by atoms with E-state index in [9.17, 15) is 19.7 Å². The van der Waals surface area contributed by atoms with Gasteiger partial charge in [0, 0.05) is 7.05 Å². The van der Waals surface area contributed by atoms with E-state index in [1.165, 1.54) is 7.05 Å². The zero-order valence-electron chi connectivity index (χ0n) is 7.71. The second-order valence-corrected chi connectivity index (χ2v) is 2.76. The van der Waals surface area contributed by atoms with Crippen LogP contribution in [0.25, 0.3) is 0 Å². The molecule has 0 aliphatic heterocycles. The molecule has 0 bridgehead atoms. The van der Waals surface area contributed by atoms with Crippen molar-refractivity contribution in [3.8, 4) is 0 Å². The van der Waals surface area contributed by atoms with Gasteiger partial charge in [-0.1, -0.05) is 0 Å². The Kier molecular flexibility index (Phi) is 2.79. The number of rotatable bonds is 4. The molecule has 0 radical (unpaired) electrons. The number of ketones is 1. The van der Waals surface area contributed by atoms with Crippen LogP contribution in [0.3, 0.4) is 0 Å². The minimum atomic E-state index is -1.62. The molecule has 8 heteroatoms. The Hall–Kier alpha value is -2.25. The molecular formula is C7H7N3O5. The van der Waals surface area contributed by atoms with Crippen LogP contribution in [0.2, 0.25) is 0 Å². The predicted molar refractivity (Wildman–Crippen MR) is 46.2 cm³/mol. The smallest absolute Gasteiger partial charge is 0.372 e. The lowest BCUT2D eigenvalue weighted by molar-refractivity contribution is -0.385. The molecule has 0 spiro atoms. The number of hydrogen-bond acceptors (Lipinski definition) is 5. The average Bonchev–Trinajstić information content (AvgIpc) is 2.48. The maximum absolute atomic E-state index is 10.9. The lowest BCUT2D eigenvalue weighted by Gasteiger charge is -1.97. The molecule has 0 unspecified atom stereocenters. The van der Waals surface area contributed by atoms with Gasteiger partial charge in [-0.05, 0) is 0 Å². The van der Waals surface area contributed by atoms with Crippen molar-refractivity contribution in [1.82, 2.24) is 9.78 Å². The fraction of sp³-hybridized carbons (Fsp3) is 0.286. The third-order valence-electron chi connectivity index (χ3n) is 1.80. The van der Waals surface area contributed by atoms with Crippen LogP contribution in [0.5, 0.6) is 0 Å². The summed E-state index contributed by atoms with van der Waals surface area (Å²) in [5.41, 5.74) is -0.375. The summed E-state index contributed by atoms with van der Waals surface area (Å²) in [5.74, 6) is -2.73. The third kappa shape index (κ3) is 2.16. The van der Waals surface area contributed by atoms with Crippen molar-refractivity contribution < 1.29 is 19.6 Å². The number of nitro groups is 1. The first-order chi connectivity index (χ1) is 6.93. The SMILES string of the molecule is Cn1ncc([N+](=O)[O-])c1CC(=O)C(=O)O. The molecule has 1 heterocycles. The normalized spacial score (nSPS) is 9.93. The lowest BCUT2D eigenvalue weighted by atomic mass is 10.2. The van der Waals surface area contributed by atoms with Gasteiger partial charge in [0.05, 0.1) is 11.3 Å². The highest BCUT2D eigenvalue weighted by molar-refractivity contribution is 6.33. The van der Waals surface area contributed by atoms with Gasteiger partial charge in [-0.15, -0.1) is 0 Å². The molecule has 1 aromatic heterocycles. The van der Waals surface area contributed by atoms with Crippen LogP contribution in [-0.2, 0) is 23.1 Å². The van der Waals surface area contributed by atoms with E-state index in [1.807, 2.05) is 0 Å². The molecule has 80 valence electrons. The van der Waals surface area contributed by atoms with Crippen molar-refractivity contribution in [2.45, 2.75) is 6.42 Å². The minimum Gasteiger partial charge on any atom is -0.475 e. The first-order valence-corrected chi connectivity index (χ1v) is 3.85. The molecule has 1 N–H and O–H groups in total. The van der Waals surface area contributed by atoms with Crippen LogP contribution >= 0.6 is 0 Å². The van der Waals surface area contributed by atoms with E-state index in [-0.39, 0.29) is 11.4 Å². The molecule has 0 saturated carbocycles. The highest BCUT2D eigenvalue weighted by atomic mass is 16.6. The Morgan fingerprint density at radius 3 is 2.73 bits per heavy atom. The van der Waals surface area contributed by atoms with Gasteiger partial charge in [0.25, 0.3) is 0 Å². The Morgan fingerprint density at radius 1 is 1.67 bits per heavy atom. The van der Waals surface area contributed by atoms with Gasteiger partial charge in [0.15, 0.2) is 0 Å². The number of Topliss-reactive ketones (excluding diaryl/α,β-unsaturated/α-hetero) is 1. The molecular weight excluding hydrogens is 206 g/mol. The zero-order chi connectivity index (χ0) is 11.6. The number of aromatic nitrogens is 2. The van der Waals surface area contributed by atoms with Gasteiger partial charge in [-0.3, -0.25) is 19.6 Å². The van der Waals surface area contributed by atoms with Crippen molar-refractivity contribution in [3.05, 3.63) is 22.0 Å². The Morgan fingerprint density at radius 2 is 2.27 bits per heavy atom. The molecule has 1 rings (SSSR count). The quantitative estimate of drug-likeness (QED) is 0.410. The number of carboxylic acids is 1. The largest absolute Gasteiger partial charge is 0.475 e. The third-order valence-corrected chi connectivity index (χ3v) is 1.80. The number of carboxylic acid groups (broad SMARTS) is 1. The molecule has 8 nitrogen and oxygen atoms in total. The minimum absolute atomic E-state index is 0.0209. The second kappa shape index (κ2) is 3.86. The predicted octanol–water partition coefficient (Wildman–Crippen LogP) is -0.476. The molecule has 15 heavy (non-hydrogen) atoms. The van der Waals surface area contributed by atoms with Gasteiger partial charge < -0.3 is 5.11 Å². The number of hydrogen-bond donors (Lipinski definition) is 1. The molecule has 0 atom stereocenters. The Bertz CT molecular complexity index is 436. The molecule has 0 amide bonds. The zero-order valence-corrected chi connectivity index (χ0v) is 7.71. The summed E-state index contributed by atoms with van der Waals surface area (Å²) < 4.78 is 1.11. The Balaban J connectivity index is 3.03. The molecule has 0 aliphatic carbocycles. The van der Waals surface area contributed by atoms with E-state index in [1.54, 1.807) is 0 Å². The highest BCUT2D eigenvalue weighted by Crippen LogP contribution is 2.17. The van der Waals surface area contributed by atoms with Crippen LogP contribution in [0.4, 0.5) is 5.69 Å². The fourth-order valence-electron chi connectivity index (χ4n) is 1.04. The molecule has 0 fully saturated rings. The average molecular weight is 213 g/mol. The standard InChI is InChI=1S/C7H7N3O5/c1-9-4(2-6(11)7(12)13)5(3-8-9)10(14)15/h3H,2H2,1H3,(H,12,13). The molecule has 0 aromatic carbocycles. The number of aliphatic carboxylic acids is 1. The molecule has 0 aliphatic rings. The van der Waals surface area contributed by atoms with Crippen molar-refractivity contribution in [3.63, 3.8) is 0 Å². The maximum atomic E-state index is 10.9. The van der Waals surface area contributed by atoms with Crippen LogP contribution in [0.1, 0.15) is 5.69 Å². The van der Waals surface area contributed by atoms with Crippen LogP contribution < -0.4 is 0 Å². The molecule has 0 saturated heterocycles. The number of carbonyl (C=O) groups excluding carboxylic acids is 1. The summed E-state index contributed by atoms with van der Waals surface area (Å²) >= 11 is 0. The summed E-state index contributed by atoms with van der Waals surface area (Å²) in [5, 5.41) is 22.4.